The van der Waals surface area contributed by atoms with Crippen molar-refractivity contribution in [1.82, 2.24) is 18.7 Å². The first kappa shape index (κ1) is 39.0. The molecule has 4 aromatic heterocycles. The van der Waals surface area contributed by atoms with E-state index in [0.29, 0.717) is 0 Å². The number of benzene rings is 6. The van der Waals surface area contributed by atoms with Gasteiger partial charge in [0, 0.05) is 38.0 Å². The van der Waals surface area contributed by atoms with Gasteiger partial charge < -0.3 is 9.13 Å². The lowest BCUT2D eigenvalue weighted by molar-refractivity contribution is 0.590. The molecule has 0 amide bonds. The van der Waals surface area contributed by atoms with Gasteiger partial charge in [-0.05, 0) is 129 Å². The second-order valence-electron chi connectivity index (χ2n) is 21.5. The van der Waals surface area contributed by atoms with Crippen LogP contribution in [0.4, 0.5) is 0 Å². The van der Waals surface area contributed by atoms with Gasteiger partial charge >= 0.3 is 0 Å². The van der Waals surface area contributed by atoms with Crippen LogP contribution in [0.2, 0.25) is 0 Å². The number of para-hydroxylation sites is 1. The molecule has 10 rings (SSSR count). The molecule has 0 aliphatic rings. The van der Waals surface area contributed by atoms with Gasteiger partial charge in [-0.3, -0.25) is 4.57 Å². The molecule has 0 radical (unpaired) electrons. The largest absolute Gasteiger partial charge is 0.309 e. The van der Waals surface area contributed by atoms with Crippen LogP contribution in [0.1, 0.15) is 105 Å². The number of pyridine rings is 1. The summed E-state index contributed by atoms with van der Waals surface area (Å²) in [6.45, 7) is 27.6. The van der Waals surface area contributed by atoms with Crippen molar-refractivity contribution in [3.05, 3.63) is 156 Å². The van der Waals surface area contributed by atoms with Crippen LogP contribution in [0.15, 0.2) is 134 Å². The third-order valence-corrected chi connectivity index (χ3v) is 13.1. The third kappa shape index (κ3) is 6.28. The molecule has 6 aromatic carbocycles. The van der Waals surface area contributed by atoms with Crippen molar-refractivity contribution in [2.75, 3.05) is 0 Å². The van der Waals surface area contributed by atoms with Crippen molar-refractivity contribution >= 4 is 65.4 Å². The van der Waals surface area contributed by atoms with E-state index in [9.17, 15) is 0 Å². The molecule has 0 aliphatic carbocycles. The summed E-state index contributed by atoms with van der Waals surface area (Å²) in [7, 11) is 0. The summed E-state index contributed by atoms with van der Waals surface area (Å²) >= 11 is 0. The minimum Gasteiger partial charge on any atom is -0.309 e. The number of fused-ring (bicyclic) bond motifs is 9. The minimum absolute atomic E-state index is 0.0479. The summed E-state index contributed by atoms with van der Waals surface area (Å²) in [6.07, 6.45) is 2.05. The van der Waals surface area contributed by atoms with Crippen molar-refractivity contribution in [1.29, 1.82) is 0 Å². The number of nitrogens with zero attached hydrogens (tertiary/aromatic N) is 4. The van der Waals surface area contributed by atoms with Crippen LogP contribution in [-0.2, 0) is 21.7 Å². The van der Waals surface area contributed by atoms with Gasteiger partial charge in [0.1, 0.15) is 5.82 Å². The van der Waals surface area contributed by atoms with Crippen LogP contribution in [0.25, 0.3) is 82.6 Å². The summed E-state index contributed by atoms with van der Waals surface area (Å²) in [5, 5.41) is 7.58. The van der Waals surface area contributed by atoms with Crippen molar-refractivity contribution < 1.29 is 0 Å². The van der Waals surface area contributed by atoms with Crippen molar-refractivity contribution in [3.8, 4) is 17.2 Å². The highest BCUT2D eigenvalue weighted by Gasteiger charge is 2.24. The Balaban J connectivity index is 1.13. The number of aromatic nitrogens is 4. The van der Waals surface area contributed by atoms with Gasteiger partial charge in [0.2, 0.25) is 0 Å². The van der Waals surface area contributed by atoms with Crippen LogP contribution in [0.5, 0.6) is 0 Å². The Bertz CT molecular complexity index is 3230. The monoisotopic (exact) mass is 798 g/mol. The first-order valence-electron chi connectivity index (χ1n) is 22.0. The van der Waals surface area contributed by atoms with Gasteiger partial charge in [0.25, 0.3) is 0 Å². The molecule has 306 valence electrons. The van der Waals surface area contributed by atoms with Crippen molar-refractivity contribution in [3.63, 3.8) is 0 Å². The number of hydrogen-bond acceptors (Lipinski definition) is 1. The fourth-order valence-electron chi connectivity index (χ4n) is 9.46. The van der Waals surface area contributed by atoms with Gasteiger partial charge in [0.15, 0.2) is 0 Å². The molecule has 0 bridgehead atoms. The molecular formula is C57H58N4. The van der Waals surface area contributed by atoms with E-state index >= 15 is 0 Å². The Hall–Kier alpha value is -6.13. The molecule has 0 atom stereocenters. The predicted octanol–water partition coefficient (Wildman–Crippen LogP) is 15.6. The molecule has 10 aromatic rings. The summed E-state index contributed by atoms with van der Waals surface area (Å²) in [6, 6.07) is 48.3. The van der Waals surface area contributed by atoms with Crippen molar-refractivity contribution in [2.24, 2.45) is 0 Å². The topological polar surface area (TPSA) is 27.7 Å². The molecule has 4 nitrogen and oxygen atoms in total. The quantitative estimate of drug-likeness (QED) is 0.175. The van der Waals surface area contributed by atoms with Crippen LogP contribution in [0, 0.1) is 0 Å². The zero-order valence-electron chi connectivity index (χ0n) is 38.0. The highest BCUT2D eigenvalue weighted by molar-refractivity contribution is 6.13. The molecule has 0 fully saturated rings. The average Bonchev–Trinajstić information content (AvgIpc) is 3.84. The Kier molecular flexibility index (Phi) is 8.44. The molecule has 0 unspecified atom stereocenters. The lowest BCUT2D eigenvalue weighted by Gasteiger charge is -2.19. The van der Waals surface area contributed by atoms with E-state index < -0.39 is 0 Å². The predicted molar refractivity (Wildman–Crippen MR) is 262 cm³/mol. The van der Waals surface area contributed by atoms with Gasteiger partial charge in [-0.15, -0.1) is 0 Å². The van der Waals surface area contributed by atoms with Crippen LogP contribution in [0.3, 0.4) is 0 Å². The fraction of sp³-hybridized carbons (Fsp3) is 0.281. The summed E-state index contributed by atoms with van der Waals surface area (Å²) < 4.78 is 7.17. The Morgan fingerprint density at radius 3 is 1.07 bits per heavy atom. The second kappa shape index (κ2) is 13.2. The SMILES string of the molecule is CC(C)(C)c1ccc2c(c1)c1cc(C(C)(C)C)ccc1n2-c1ccc(-n2c3ccccc3c3cc(-n4c5ccc(C(C)(C)C)cc5c5cc(C(C)(C)C)ccc54)ccc32)nc1. The first-order valence-corrected chi connectivity index (χ1v) is 22.0. The zero-order valence-corrected chi connectivity index (χ0v) is 38.0. The van der Waals surface area contributed by atoms with Crippen molar-refractivity contribution in [2.45, 2.75) is 105 Å². The number of hydrogen-bond donors (Lipinski definition) is 0. The minimum atomic E-state index is 0.0479. The lowest BCUT2D eigenvalue weighted by Crippen LogP contribution is -2.10. The molecule has 61 heavy (non-hydrogen) atoms. The lowest BCUT2D eigenvalue weighted by atomic mass is 9.85. The molecule has 0 saturated carbocycles. The van der Waals surface area contributed by atoms with E-state index in [1.165, 1.54) is 76.6 Å². The van der Waals surface area contributed by atoms with E-state index in [2.05, 4.69) is 224 Å². The van der Waals surface area contributed by atoms with Crippen LogP contribution in [-0.4, -0.2) is 18.7 Å². The van der Waals surface area contributed by atoms with E-state index in [1.807, 2.05) is 6.20 Å². The zero-order chi connectivity index (χ0) is 43.0. The summed E-state index contributed by atoms with van der Waals surface area (Å²) in [4.78, 5) is 5.25. The Morgan fingerprint density at radius 2 is 0.656 bits per heavy atom. The molecular weight excluding hydrogens is 741 g/mol. The maximum atomic E-state index is 5.25. The van der Waals surface area contributed by atoms with Crippen LogP contribution < -0.4 is 0 Å². The molecule has 0 spiro atoms. The van der Waals surface area contributed by atoms with E-state index in [-0.39, 0.29) is 21.7 Å². The van der Waals surface area contributed by atoms with Gasteiger partial charge in [-0.1, -0.05) is 126 Å². The van der Waals surface area contributed by atoms with E-state index in [4.69, 9.17) is 4.98 Å². The van der Waals surface area contributed by atoms with Gasteiger partial charge in [-0.25, -0.2) is 4.98 Å². The average molecular weight is 799 g/mol. The Labute approximate surface area is 360 Å². The maximum Gasteiger partial charge on any atom is 0.137 e. The smallest absolute Gasteiger partial charge is 0.137 e. The van der Waals surface area contributed by atoms with E-state index in [1.54, 1.807) is 0 Å². The highest BCUT2D eigenvalue weighted by Crippen LogP contribution is 2.41. The summed E-state index contributed by atoms with van der Waals surface area (Å²) in [5.41, 5.74) is 14.9. The van der Waals surface area contributed by atoms with Crippen LogP contribution >= 0.6 is 0 Å². The molecule has 0 N–H and O–H groups in total. The molecule has 0 aliphatic heterocycles. The standard InChI is InChI=1S/C57H58N4/c1-54(2,3)35-17-23-48-42(29-35)43-30-36(55(4,5)6)18-24-49(43)59(48)39-21-27-52-46(33-39)41-15-13-14-16-47(41)61(52)53-28-22-40(34-58-53)60-50-25-19-37(56(7,8)9)31-44(50)45-32-38(57(10,11)12)20-26-51(45)60/h13-34H,1-12H3. The third-order valence-electron chi connectivity index (χ3n) is 13.1. The normalized spacial score (nSPS) is 13.2. The van der Waals surface area contributed by atoms with E-state index in [0.717, 1.165) is 28.2 Å². The fourth-order valence-corrected chi connectivity index (χ4v) is 9.46. The first-order chi connectivity index (χ1) is 28.8. The molecule has 4 heteroatoms. The second-order valence-corrected chi connectivity index (χ2v) is 21.5. The summed E-state index contributed by atoms with van der Waals surface area (Å²) in [5.74, 6) is 0.898. The molecule has 0 saturated heterocycles. The Morgan fingerprint density at radius 1 is 0.311 bits per heavy atom. The van der Waals surface area contributed by atoms with Gasteiger partial charge in [0.05, 0.1) is 45.0 Å². The van der Waals surface area contributed by atoms with Gasteiger partial charge in [-0.2, -0.15) is 0 Å². The highest BCUT2D eigenvalue weighted by atomic mass is 15.1. The maximum absolute atomic E-state index is 5.25. The molecule has 4 heterocycles. The number of rotatable bonds is 3.